The summed E-state index contributed by atoms with van der Waals surface area (Å²) in [5, 5.41) is 13.8. The van der Waals surface area contributed by atoms with E-state index in [1.165, 1.54) is 5.56 Å². The van der Waals surface area contributed by atoms with E-state index >= 15 is 0 Å². The maximum Gasteiger partial charge on any atom is 0.189 e. The van der Waals surface area contributed by atoms with Crippen LogP contribution in [0.3, 0.4) is 0 Å². The number of thiocarbonyl (C=S) groups is 1. The average molecular weight is 289 g/mol. The largest absolute Gasteiger partial charge is 0.357 e. The molecular weight excluding hydrogens is 274 g/mol. The summed E-state index contributed by atoms with van der Waals surface area (Å²) >= 11 is 6.92. The zero-order valence-corrected chi connectivity index (χ0v) is 12.2. The summed E-state index contributed by atoms with van der Waals surface area (Å²) < 4.78 is 0. The van der Waals surface area contributed by atoms with Crippen LogP contribution in [0.15, 0.2) is 52.3 Å². The van der Waals surface area contributed by atoms with Crippen molar-refractivity contribution in [3.8, 4) is 0 Å². The van der Waals surface area contributed by atoms with Gasteiger partial charge in [0.25, 0.3) is 0 Å². The van der Waals surface area contributed by atoms with Gasteiger partial charge in [-0.3, -0.25) is 0 Å². The van der Waals surface area contributed by atoms with Gasteiger partial charge in [-0.15, -0.1) is 0 Å². The third kappa shape index (κ3) is 4.46. The van der Waals surface area contributed by atoms with Crippen LogP contribution in [0, 0.1) is 0 Å². The van der Waals surface area contributed by atoms with Crippen LogP contribution in [-0.2, 0) is 6.54 Å². The number of thiophene rings is 1. The molecule has 0 radical (unpaired) electrons. The SMILES string of the molecule is CN(/N=C\c1ccsc1)C(=S)NCc1ccccc1. The fraction of sp³-hybridized carbons (Fsp3) is 0.143. The van der Waals surface area contributed by atoms with Crippen molar-refractivity contribution in [1.82, 2.24) is 10.3 Å². The molecule has 19 heavy (non-hydrogen) atoms. The highest BCUT2D eigenvalue weighted by molar-refractivity contribution is 7.80. The zero-order valence-electron chi connectivity index (χ0n) is 10.6. The Kier molecular flexibility index (Phi) is 5.06. The molecule has 2 aromatic rings. The molecule has 98 valence electrons. The molecule has 0 spiro atoms. The van der Waals surface area contributed by atoms with Crippen LogP contribution in [0.25, 0.3) is 0 Å². The molecule has 0 aliphatic carbocycles. The Morgan fingerprint density at radius 2 is 2.16 bits per heavy atom. The molecule has 0 bridgehead atoms. The van der Waals surface area contributed by atoms with Crippen LogP contribution >= 0.6 is 23.6 Å². The normalized spacial score (nSPS) is 10.6. The Morgan fingerprint density at radius 3 is 2.84 bits per heavy atom. The molecule has 0 aliphatic heterocycles. The first-order chi connectivity index (χ1) is 9.25. The van der Waals surface area contributed by atoms with E-state index < -0.39 is 0 Å². The standard InChI is InChI=1S/C14H15N3S2/c1-17(16-10-13-7-8-19-11-13)14(18)15-9-12-5-3-2-4-6-12/h2-8,10-11H,9H2,1H3,(H,15,18)/b16-10-. The van der Waals surface area contributed by atoms with Gasteiger partial charge in [0.2, 0.25) is 0 Å². The van der Waals surface area contributed by atoms with E-state index in [4.69, 9.17) is 12.2 Å². The molecule has 0 saturated carbocycles. The van der Waals surface area contributed by atoms with E-state index in [1.807, 2.05) is 42.1 Å². The molecule has 0 fully saturated rings. The number of hydrogen-bond donors (Lipinski definition) is 1. The van der Waals surface area contributed by atoms with Crippen LogP contribution < -0.4 is 5.32 Å². The molecule has 1 aromatic carbocycles. The Hall–Kier alpha value is -1.72. The molecule has 0 aliphatic rings. The molecule has 0 saturated heterocycles. The van der Waals surface area contributed by atoms with Crippen LogP contribution in [0.1, 0.15) is 11.1 Å². The number of rotatable bonds is 4. The second-order valence-corrected chi connectivity index (χ2v) is 5.14. The number of hydrazone groups is 1. The highest BCUT2D eigenvalue weighted by Crippen LogP contribution is 2.03. The highest BCUT2D eigenvalue weighted by atomic mass is 32.1. The van der Waals surface area contributed by atoms with Crippen molar-refractivity contribution in [3.63, 3.8) is 0 Å². The minimum absolute atomic E-state index is 0.607. The van der Waals surface area contributed by atoms with Crippen LogP contribution in [0.5, 0.6) is 0 Å². The monoisotopic (exact) mass is 289 g/mol. The summed E-state index contributed by atoms with van der Waals surface area (Å²) in [7, 11) is 1.84. The van der Waals surface area contributed by atoms with Gasteiger partial charge >= 0.3 is 0 Å². The number of hydrogen-bond acceptors (Lipinski definition) is 3. The van der Waals surface area contributed by atoms with E-state index in [2.05, 4.69) is 22.6 Å². The van der Waals surface area contributed by atoms with E-state index in [0.29, 0.717) is 11.7 Å². The van der Waals surface area contributed by atoms with Crippen molar-refractivity contribution in [2.24, 2.45) is 5.10 Å². The van der Waals surface area contributed by atoms with E-state index in [0.717, 1.165) is 5.56 Å². The van der Waals surface area contributed by atoms with E-state index in [9.17, 15) is 0 Å². The molecule has 1 N–H and O–H groups in total. The molecule has 0 atom stereocenters. The van der Waals surface area contributed by atoms with Crippen molar-refractivity contribution in [2.45, 2.75) is 6.54 Å². The van der Waals surface area contributed by atoms with Gasteiger partial charge in [-0.25, -0.2) is 5.01 Å². The number of nitrogens with zero attached hydrogens (tertiary/aromatic N) is 2. The lowest BCUT2D eigenvalue weighted by Gasteiger charge is -2.15. The zero-order chi connectivity index (χ0) is 13.5. The molecular formula is C14H15N3S2. The Balaban J connectivity index is 1.83. The van der Waals surface area contributed by atoms with Crippen molar-refractivity contribution >= 4 is 34.9 Å². The third-order valence-corrected chi connectivity index (χ3v) is 3.61. The predicted octanol–water partition coefficient (Wildman–Crippen LogP) is 3.09. The van der Waals surface area contributed by atoms with Gasteiger partial charge in [0.1, 0.15) is 0 Å². The lowest BCUT2D eigenvalue weighted by atomic mass is 10.2. The Labute approximate surface area is 122 Å². The Bertz CT molecular complexity index is 535. The lowest BCUT2D eigenvalue weighted by Crippen LogP contribution is -2.33. The van der Waals surface area contributed by atoms with Gasteiger partial charge in [-0.05, 0) is 34.6 Å². The van der Waals surface area contributed by atoms with Crippen LogP contribution in [0.4, 0.5) is 0 Å². The fourth-order valence-electron chi connectivity index (χ4n) is 1.44. The minimum atomic E-state index is 0.607. The minimum Gasteiger partial charge on any atom is -0.357 e. The van der Waals surface area contributed by atoms with E-state index in [-0.39, 0.29) is 0 Å². The van der Waals surface area contributed by atoms with Crippen molar-refractivity contribution in [2.75, 3.05) is 7.05 Å². The number of benzene rings is 1. The lowest BCUT2D eigenvalue weighted by molar-refractivity contribution is 0.532. The van der Waals surface area contributed by atoms with Crippen molar-refractivity contribution in [3.05, 3.63) is 58.3 Å². The topological polar surface area (TPSA) is 27.6 Å². The third-order valence-electron chi connectivity index (χ3n) is 2.50. The van der Waals surface area contributed by atoms with Crippen LogP contribution in [0.2, 0.25) is 0 Å². The van der Waals surface area contributed by atoms with Crippen LogP contribution in [-0.4, -0.2) is 23.4 Å². The Morgan fingerprint density at radius 1 is 1.37 bits per heavy atom. The predicted molar refractivity (Wildman–Crippen MR) is 85.6 cm³/mol. The molecule has 3 nitrogen and oxygen atoms in total. The quantitative estimate of drug-likeness (QED) is 0.532. The molecule has 1 aromatic heterocycles. The fourth-order valence-corrected chi connectivity index (χ4v) is 2.17. The van der Waals surface area contributed by atoms with Gasteiger partial charge < -0.3 is 5.32 Å². The first-order valence-corrected chi connectivity index (χ1v) is 7.22. The maximum absolute atomic E-state index is 5.27. The number of nitrogens with one attached hydrogen (secondary N) is 1. The van der Waals surface area contributed by atoms with Gasteiger partial charge in [0.05, 0.1) is 6.21 Å². The molecule has 0 unspecified atom stereocenters. The van der Waals surface area contributed by atoms with E-state index in [1.54, 1.807) is 22.6 Å². The first kappa shape index (κ1) is 13.7. The van der Waals surface area contributed by atoms with Gasteiger partial charge in [0, 0.05) is 19.2 Å². The van der Waals surface area contributed by atoms with Gasteiger partial charge in [0.15, 0.2) is 5.11 Å². The highest BCUT2D eigenvalue weighted by Gasteiger charge is 2.01. The molecule has 5 heteroatoms. The molecule has 1 heterocycles. The summed E-state index contributed by atoms with van der Waals surface area (Å²) in [6.07, 6.45) is 1.80. The summed E-state index contributed by atoms with van der Waals surface area (Å²) in [6.45, 7) is 0.706. The summed E-state index contributed by atoms with van der Waals surface area (Å²) in [5.74, 6) is 0. The molecule has 0 amide bonds. The van der Waals surface area contributed by atoms with Crippen molar-refractivity contribution < 1.29 is 0 Å². The van der Waals surface area contributed by atoms with Crippen molar-refractivity contribution in [1.29, 1.82) is 0 Å². The summed E-state index contributed by atoms with van der Waals surface area (Å²) in [5.41, 5.74) is 2.28. The summed E-state index contributed by atoms with van der Waals surface area (Å²) in [6, 6.07) is 12.2. The van der Waals surface area contributed by atoms with Gasteiger partial charge in [-0.1, -0.05) is 30.3 Å². The summed E-state index contributed by atoms with van der Waals surface area (Å²) in [4.78, 5) is 0. The average Bonchev–Trinajstić information content (AvgIpc) is 2.96. The first-order valence-electron chi connectivity index (χ1n) is 5.87. The second-order valence-electron chi connectivity index (χ2n) is 3.97. The maximum atomic E-state index is 5.27. The molecule has 2 rings (SSSR count). The second kappa shape index (κ2) is 7.01. The van der Waals surface area contributed by atoms with Gasteiger partial charge in [-0.2, -0.15) is 16.4 Å². The smallest absolute Gasteiger partial charge is 0.189 e.